The molecule has 3 rings (SSSR count). The number of nitroso groups, excluding NO2 is 1. The first-order valence-corrected chi connectivity index (χ1v) is 9.57. The average molecular weight is 401 g/mol. The number of rotatable bonds is 6. The fourth-order valence-electron chi connectivity index (χ4n) is 3.75. The Balaban J connectivity index is 2.38. The maximum absolute atomic E-state index is 12.1. The molecule has 0 heterocycles. The molecule has 1 N–H and O–H groups in total. The molecule has 152 valence electrons. The fraction of sp³-hybridized carbons (Fsp3) is 0.200. The summed E-state index contributed by atoms with van der Waals surface area (Å²) < 4.78 is 0. The monoisotopic (exact) mass is 401 g/mol. The Labute approximate surface area is 175 Å². The molecule has 3 aromatic rings. The van der Waals surface area contributed by atoms with Crippen molar-refractivity contribution in [3.05, 3.63) is 98.4 Å². The van der Waals surface area contributed by atoms with Gasteiger partial charge in [-0.1, -0.05) is 24.3 Å². The number of aromatic hydroxyl groups is 1. The number of carbonyl (C=O) groups excluding carboxylic acids is 2. The van der Waals surface area contributed by atoms with Crippen molar-refractivity contribution in [2.24, 2.45) is 5.18 Å². The maximum atomic E-state index is 12.1. The van der Waals surface area contributed by atoms with Crippen LogP contribution < -0.4 is 0 Å². The molecule has 1 unspecified atom stereocenters. The highest BCUT2D eigenvalue weighted by atomic mass is 16.3. The van der Waals surface area contributed by atoms with Crippen molar-refractivity contribution in [1.29, 1.82) is 0 Å². The van der Waals surface area contributed by atoms with Crippen LogP contribution in [0, 0.1) is 18.8 Å². The predicted octanol–water partition coefficient (Wildman–Crippen LogP) is 5.78. The van der Waals surface area contributed by atoms with Gasteiger partial charge in [0.15, 0.2) is 5.78 Å². The Morgan fingerprint density at radius 3 is 2.10 bits per heavy atom. The van der Waals surface area contributed by atoms with E-state index in [1.165, 1.54) is 6.92 Å². The minimum absolute atomic E-state index is 0.138. The van der Waals surface area contributed by atoms with Gasteiger partial charge in [-0.3, -0.25) is 9.59 Å². The third-order valence-electron chi connectivity index (χ3n) is 5.72. The van der Waals surface area contributed by atoms with Crippen LogP contribution in [-0.2, 0) is 5.41 Å². The van der Waals surface area contributed by atoms with E-state index in [2.05, 4.69) is 5.18 Å². The Morgan fingerprint density at radius 2 is 1.57 bits per heavy atom. The number of ketones is 1. The summed E-state index contributed by atoms with van der Waals surface area (Å²) in [6.07, 6.45) is 0.725. The van der Waals surface area contributed by atoms with Gasteiger partial charge in [0.1, 0.15) is 17.7 Å². The summed E-state index contributed by atoms with van der Waals surface area (Å²) in [7, 11) is 0. The van der Waals surface area contributed by atoms with E-state index in [4.69, 9.17) is 0 Å². The molecular formula is C25H23NO4. The lowest BCUT2D eigenvalue weighted by molar-refractivity contribution is 0.101. The maximum Gasteiger partial charge on any atom is 0.159 e. The molecule has 0 aromatic heterocycles. The summed E-state index contributed by atoms with van der Waals surface area (Å²) in [5.41, 5.74) is 4.39. The molecule has 5 nitrogen and oxygen atoms in total. The number of hydrogen-bond acceptors (Lipinski definition) is 5. The molecule has 1 atom stereocenters. The molecular weight excluding hydrogens is 378 g/mol. The van der Waals surface area contributed by atoms with Crippen LogP contribution in [0.3, 0.4) is 0 Å². The van der Waals surface area contributed by atoms with Gasteiger partial charge in [0.25, 0.3) is 0 Å². The number of phenolic OH excluding ortho intramolecular Hbond substituents is 1. The lowest BCUT2D eigenvalue weighted by Gasteiger charge is -2.33. The molecule has 0 saturated carbocycles. The summed E-state index contributed by atoms with van der Waals surface area (Å²) in [6, 6.07) is 15.9. The van der Waals surface area contributed by atoms with Crippen LogP contribution in [0.15, 0.2) is 59.8 Å². The van der Waals surface area contributed by atoms with Crippen LogP contribution in [0.2, 0.25) is 0 Å². The first-order chi connectivity index (χ1) is 14.2. The minimum Gasteiger partial charge on any atom is -0.508 e. The zero-order valence-corrected chi connectivity index (χ0v) is 17.4. The molecule has 0 radical (unpaired) electrons. The number of Topliss-reactive ketones (excluding diaryl/α,β-unsaturated/α-hetero) is 1. The molecule has 5 heteroatoms. The summed E-state index contributed by atoms with van der Waals surface area (Å²) in [5.74, 6) is 0.0460. The highest BCUT2D eigenvalue weighted by molar-refractivity contribution is 5.96. The van der Waals surface area contributed by atoms with E-state index < -0.39 is 5.41 Å². The van der Waals surface area contributed by atoms with Crippen LogP contribution in [-0.4, -0.2) is 17.2 Å². The Hall–Kier alpha value is -3.60. The van der Waals surface area contributed by atoms with Crippen molar-refractivity contribution in [1.82, 2.24) is 0 Å². The molecule has 0 fully saturated rings. The average Bonchev–Trinajstić information content (AvgIpc) is 2.74. The van der Waals surface area contributed by atoms with Gasteiger partial charge in [0, 0.05) is 16.5 Å². The van der Waals surface area contributed by atoms with Gasteiger partial charge in [-0.05, 0) is 91.0 Å². The number of aldehydes is 1. The standard InChI is InChI=1S/C25H23NO4/c1-15-9-20(5-7-23(15)26-30)25(4,21-6-8-24(29)16(2)10-21)22-12-18(14-27)11-19(13-22)17(3)28/h5-14,29H,1-4H3. The van der Waals surface area contributed by atoms with Crippen molar-refractivity contribution in [2.75, 3.05) is 0 Å². The van der Waals surface area contributed by atoms with Crippen molar-refractivity contribution in [3.8, 4) is 5.75 Å². The second-order valence-corrected chi connectivity index (χ2v) is 7.74. The van der Waals surface area contributed by atoms with Crippen molar-refractivity contribution in [3.63, 3.8) is 0 Å². The smallest absolute Gasteiger partial charge is 0.159 e. The van der Waals surface area contributed by atoms with Crippen LogP contribution in [0.5, 0.6) is 5.75 Å². The number of nitrogens with zero attached hydrogens (tertiary/aromatic N) is 1. The summed E-state index contributed by atoms with van der Waals surface area (Å²) >= 11 is 0. The van der Waals surface area contributed by atoms with Crippen LogP contribution in [0.1, 0.15) is 62.4 Å². The van der Waals surface area contributed by atoms with Gasteiger partial charge in [-0.25, -0.2) is 0 Å². The van der Waals surface area contributed by atoms with Crippen molar-refractivity contribution < 1.29 is 14.7 Å². The topological polar surface area (TPSA) is 83.8 Å². The number of benzene rings is 3. The lowest BCUT2D eigenvalue weighted by atomic mass is 9.69. The summed E-state index contributed by atoms with van der Waals surface area (Å²) in [6.45, 7) is 7.08. The van der Waals surface area contributed by atoms with Crippen molar-refractivity contribution >= 4 is 17.8 Å². The molecule has 0 bridgehead atoms. The molecule has 0 aliphatic heterocycles. The van der Waals surface area contributed by atoms with Gasteiger partial charge >= 0.3 is 0 Å². The van der Waals surface area contributed by atoms with E-state index in [0.717, 1.165) is 28.5 Å². The van der Waals surface area contributed by atoms with Gasteiger partial charge in [0.05, 0.1) is 0 Å². The van der Waals surface area contributed by atoms with E-state index in [0.29, 0.717) is 22.4 Å². The molecule has 30 heavy (non-hydrogen) atoms. The number of carbonyl (C=O) groups is 2. The minimum atomic E-state index is -0.756. The van der Waals surface area contributed by atoms with Crippen molar-refractivity contribution in [2.45, 2.75) is 33.1 Å². The largest absolute Gasteiger partial charge is 0.508 e. The summed E-state index contributed by atoms with van der Waals surface area (Å²) in [5, 5.41) is 13.1. The SMILES string of the molecule is CC(=O)c1cc(C=O)cc(C(C)(c2ccc(O)c(C)c2)c2ccc(N=O)c(C)c2)c1. The Bertz CT molecular complexity index is 1170. The van der Waals surface area contributed by atoms with Gasteiger partial charge in [0.2, 0.25) is 0 Å². The first-order valence-electron chi connectivity index (χ1n) is 9.57. The molecule has 0 spiro atoms. The Kier molecular flexibility index (Phi) is 5.65. The second-order valence-electron chi connectivity index (χ2n) is 7.74. The van der Waals surface area contributed by atoms with Crippen LogP contribution in [0.25, 0.3) is 0 Å². The van der Waals surface area contributed by atoms with E-state index >= 15 is 0 Å². The van der Waals surface area contributed by atoms with Crippen LogP contribution >= 0.6 is 0 Å². The number of hydrogen-bond donors (Lipinski definition) is 1. The molecule has 0 saturated heterocycles. The molecule has 0 aliphatic carbocycles. The van der Waals surface area contributed by atoms with Gasteiger partial charge in [-0.15, -0.1) is 4.91 Å². The third-order valence-corrected chi connectivity index (χ3v) is 5.72. The normalized spacial score (nSPS) is 12.8. The third kappa shape index (κ3) is 3.66. The number of aryl methyl sites for hydroxylation is 2. The quantitative estimate of drug-likeness (QED) is 0.246. The summed E-state index contributed by atoms with van der Waals surface area (Å²) in [4.78, 5) is 34.7. The van der Waals surface area contributed by atoms with E-state index in [-0.39, 0.29) is 11.5 Å². The van der Waals surface area contributed by atoms with Crippen LogP contribution in [0.4, 0.5) is 5.69 Å². The molecule has 0 aliphatic rings. The van der Waals surface area contributed by atoms with Gasteiger partial charge in [-0.2, -0.15) is 0 Å². The molecule has 3 aromatic carbocycles. The second kappa shape index (κ2) is 8.03. The number of phenols is 1. The Morgan fingerprint density at radius 1 is 0.933 bits per heavy atom. The highest BCUT2D eigenvalue weighted by Crippen LogP contribution is 2.42. The van der Waals surface area contributed by atoms with Gasteiger partial charge < -0.3 is 5.11 Å². The zero-order valence-electron chi connectivity index (χ0n) is 17.4. The lowest BCUT2D eigenvalue weighted by Crippen LogP contribution is -2.26. The van der Waals surface area contributed by atoms with E-state index in [1.807, 2.05) is 45.0 Å². The highest BCUT2D eigenvalue weighted by Gasteiger charge is 2.33. The fourth-order valence-corrected chi connectivity index (χ4v) is 3.75. The first kappa shape index (κ1) is 21.1. The van der Waals surface area contributed by atoms with E-state index in [1.54, 1.807) is 30.3 Å². The van der Waals surface area contributed by atoms with E-state index in [9.17, 15) is 19.6 Å². The molecule has 0 amide bonds. The predicted molar refractivity (Wildman–Crippen MR) is 117 cm³/mol. The zero-order chi connectivity index (χ0) is 22.1.